The summed E-state index contributed by atoms with van der Waals surface area (Å²) >= 11 is 1.40. The number of thiophene rings is 1. The zero-order chi connectivity index (χ0) is 16.2. The lowest BCUT2D eigenvalue weighted by molar-refractivity contribution is -0.138. The Kier molecular flexibility index (Phi) is 4.47. The maximum atomic E-state index is 12.4. The Hall–Kier alpha value is -2.54. The molecule has 1 aromatic carbocycles. The van der Waals surface area contributed by atoms with Gasteiger partial charge in [0.1, 0.15) is 6.61 Å². The van der Waals surface area contributed by atoms with Crippen LogP contribution < -0.4 is 14.8 Å². The Morgan fingerprint density at radius 1 is 1.26 bits per heavy atom. The minimum Gasteiger partial charge on any atom is -0.485 e. The van der Waals surface area contributed by atoms with Gasteiger partial charge in [-0.1, -0.05) is 18.2 Å². The lowest BCUT2D eigenvalue weighted by Gasteiger charge is -2.27. The molecule has 1 aromatic heterocycles. The van der Waals surface area contributed by atoms with E-state index in [1.165, 1.54) is 11.3 Å². The number of carboxylic acids is 1. The number of benzene rings is 1. The average molecular weight is 333 g/mol. The molecule has 2 aromatic rings. The molecule has 23 heavy (non-hydrogen) atoms. The fourth-order valence-electron chi connectivity index (χ4n) is 2.30. The molecule has 0 radical (unpaired) electrons. The summed E-state index contributed by atoms with van der Waals surface area (Å²) < 4.78 is 11.1. The number of carbonyl (C=O) groups is 2. The van der Waals surface area contributed by atoms with Crippen LogP contribution in [0, 0.1) is 0 Å². The molecule has 1 aliphatic heterocycles. The Bertz CT molecular complexity index is 700. The standard InChI is InChI=1S/C16H15NO5S/c18-15(19)8-10(14-6-3-7-23-14)17-16(20)13-9-21-11-4-1-2-5-12(11)22-13/h1-7,10,13H,8-9H2,(H,17,20)(H,18,19). The fourth-order valence-corrected chi connectivity index (χ4v) is 3.08. The molecule has 120 valence electrons. The zero-order valence-corrected chi connectivity index (χ0v) is 12.9. The molecule has 0 saturated carbocycles. The molecule has 0 spiro atoms. The molecular weight excluding hydrogens is 318 g/mol. The molecule has 3 rings (SSSR count). The number of para-hydroxylation sites is 2. The lowest BCUT2D eigenvalue weighted by Crippen LogP contribution is -2.45. The SMILES string of the molecule is O=C(O)CC(NC(=O)C1COc2ccccc2O1)c1cccs1. The highest BCUT2D eigenvalue weighted by Gasteiger charge is 2.30. The van der Waals surface area contributed by atoms with Crippen molar-refractivity contribution >= 4 is 23.2 Å². The lowest BCUT2D eigenvalue weighted by atomic mass is 10.1. The van der Waals surface area contributed by atoms with E-state index in [0.29, 0.717) is 11.5 Å². The summed E-state index contributed by atoms with van der Waals surface area (Å²) in [4.78, 5) is 24.2. The maximum Gasteiger partial charge on any atom is 0.305 e. The smallest absolute Gasteiger partial charge is 0.305 e. The molecule has 2 heterocycles. The highest BCUT2D eigenvalue weighted by atomic mass is 32.1. The summed E-state index contributed by atoms with van der Waals surface area (Å²) in [6.45, 7) is 0.0904. The summed E-state index contributed by atoms with van der Waals surface area (Å²) in [6.07, 6.45) is -0.989. The first-order valence-electron chi connectivity index (χ1n) is 7.07. The van der Waals surface area contributed by atoms with Gasteiger partial charge in [0.05, 0.1) is 12.5 Å². The van der Waals surface area contributed by atoms with Crippen molar-refractivity contribution in [2.24, 2.45) is 0 Å². The van der Waals surface area contributed by atoms with Crippen LogP contribution in [0.1, 0.15) is 17.3 Å². The van der Waals surface area contributed by atoms with E-state index in [1.807, 2.05) is 17.5 Å². The van der Waals surface area contributed by atoms with Crippen molar-refractivity contribution < 1.29 is 24.2 Å². The molecule has 1 amide bonds. The van der Waals surface area contributed by atoms with Crippen molar-refractivity contribution in [1.29, 1.82) is 0 Å². The first-order chi connectivity index (χ1) is 11.1. The number of amides is 1. The number of hydrogen-bond acceptors (Lipinski definition) is 5. The van der Waals surface area contributed by atoms with Crippen molar-refractivity contribution in [2.45, 2.75) is 18.6 Å². The number of carbonyl (C=O) groups excluding carboxylic acids is 1. The van der Waals surface area contributed by atoms with E-state index < -0.39 is 18.1 Å². The van der Waals surface area contributed by atoms with Gasteiger partial charge in [-0.3, -0.25) is 9.59 Å². The van der Waals surface area contributed by atoms with Gasteiger partial charge < -0.3 is 19.9 Å². The fraction of sp³-hybridized carbons (Fsp3) is 0.250. The Morgan fingerprint density at radius 2 is 2.04 bits per heavy atom. The van der Waals surface area contributed by atoms with Crippen LogP contribution in [0.25, 0.3) is 0 Å². The maximum absolute atomic E-state index is 12.4. The molecule has 1 aliphatic rings. The third-order valence-electron chi connectivity index (χ3n) is 3.38. The predicted octanol–water partition coefficient (Wildman–Crippen LogP) is 2.22. The van der Waals surface area contributed by atoms with E-state index >= 15 is 0 Å². The second-order valence-electron chi connectivity index (χ2n) is 5.04. The van der Waals surface area contributed by atoms with Crippen molar-refractivity contribution in [3.8, 4) is 11.5 Å². The van der Waals surface area contributed by atoms with E-state index in [9.17, 15) is 9.59 Å². The van der Waals surface area contributed by atoms with E-state index in [2.05, 4.69) is 5.32 Å². The molecule has 2 N–H and O–H groups in total. The Labute approximate surface area is 136 Å². The zero-order valence-electron chi connectivity index (χ0n) is 12.1. The van der Waals surface area contributed by atoms with E-state index in [1.54, 1.807) is 24.3 Å². The number of carboxylic acid groups (broad SMARTS) is 1. The molecule has 0 bridgehead atoms. The van der Waals surface area contributed by atoms with Gasteiger partial charge in [0.2, 0.25) is 6.10 Å². The molecule has 2 atom stereocenters. The second-order valence-corrected chi connectivity index (χ2v) is 6.02. The Balaban J connectivity index is 1.69. The molecule has 2 unspecified atom stereocenters. The van der Waals surface area contributed by atoms with E-state index in [-0.39, 0.29) is 18.9 Å². The molecule has 0 aliphatic carbocycles. The third-order valence-corrected chi connectivity index (χ3v) is 4.37. The second kappa shape index (κ2) is 6.70. The van der Waals surface area contributed by atoms with Gasteiger partial charge in [0.25, 0.3) is 5.91 Å². The van der Waals surface area contributed by atoms with Crippen LogP contribution in [0.15, 0.2) is 41.8 Å². The minimum atomic E-state index is -0.977. The van der Waals surface area contributed by atoms with Gasteiger partial charge in [0.15, 0.2) is 11.5 Å². The van der Waals surface area contributed by atoms with Crippen LogP contribution in [0.5, 0.6) is 11.5 Å². The summed E-state index contributed by atoms with van der Waals surface area (Å²) in [5.41, 5.74) is 0. The van der Waals surface area contributed by atoms with Crippen LogP contribution in [0.2, 0.25) is 0 Å². The minimum absolute atomic E-state index is 0.0904. The number of hydrogen-bond donors (Lipinski definition) is 2. The van der Waals surface area contributed by atoms with Gasteiger partial charge in [-0.15, -0.1) is 11.3 Å². The molecule has 0 saturated heterocycles. The van der Waals surface area contributed by atoms with Crippen LogP contribution in [0.3, 0.4) is 0 Å². The Morgan fingerprint density at radius 3 is 2.74 bits per heavy atom. The predicted molar refractivity (Wildman–Crippen MR) is 83.8 cm³/mol. The summed E-state index contributed by atoms with van der Waals surface area (Å²) in [7, 11) is 0. The third kappa shape index (κ3) is 3.62. The van der Waals surface area contributed by atoms with Crippen LogP contribution in [-0.4, -0.2) is 29.7 Å². The summed E-state index contributed by atoms with van der Waals surface area (Å²) in [6, 6.07) is 10.1. The molecule has 6 nitrogen and oxygen atoms in total. The van der Waals surface area contributed by atoms with Crippen molar-refractivity contribution in [3.05, 3.63) is 46.7 Å². The first kappa shape index (κ1) is 15.4. The highest BCUT2D eigenvalue weighted by Crippen LogP contribution is 2.31. The first-order valence-corrected chi connectivity index (χ1v) is 7.95. The number of fused-ring (bicyclic) bond motifs is 1. The highest BCUT2D eigenvalue weighted by molar-refractivity contribution is 7.10. The van der Waals surface area contributed by atoms with Crippen molar-refractivity contribution in [1.82, 2.24) is 5.32 Å². The molecule has 0 fully saturated rings. The number of rotatable bonds is 5. The van der Waals surface area contributed by atoms with Crippen LogP contribution >= 0.6 is 11.3 Å². The van der Waals surface area contributed by atoms with E-state index in [0.717, 1.165) is 4.88 Å². The largest absolute Gasteiger partial charge is 0.485 e. The number of aliphatic carboxylic acids is 1. The molecule has 7 heteroatoms. The normalized spacial score (nSPS) is 17.3. The monoisotopic (exact) mass is 333 g/mol. The van der Waals surface area contributed by atoms with Crippen molar-refractivity contribution in [2.75, 3.05) is 6.61 Å². The van der Waals surface area contributed by atoms with Crippen molar-refractivity contribution in [3.63, 3.8) is 0 Å². The summed E-state index contributed by atoms with van der Waals surface area (Å²) in [5, 5.41) is 13.6. The quantitative estimate of drug-likeness (QED) is 0.876. The van der Waals surface area contributed by atoms with E-state index in [4.69, 9.17) is 14.6 Å². The van der Waals surface area contributed by atoms with Crippen LogP contribution in [0.4, 0.5) is 0 Å². The van der Waals surface area contributed by atoms with Gasteiger partial charge in [-0.05, 0) is 23.6 Å². The van der Waals surface area contributed by atoms with Gasteiger partial charge >= 0.3 is 5.97 Å². The number of ether oxygens (including phenoxy) is 2. The molecular formula is C16H15NO5S. The van der Waals surface area contributed by atoms with Gasteiger partial charge in [-0.25, -0.2) is 0 Å². The van der Waals surface area contributed by atoms with Gasteiger partial charge in [0, 0.05) is 4.88 Å². The number of nitrogens with one attached hydrogen (secondary N) is 1. The average Bonchev–Trinajstić information content (AvgIpc) is 3.07. The topological polar surface area (TPSA) is 84.9 Å². The van der Waals surface area contributed by atoms with Gasteiger partial charge in [-0.2, -0.15) is 0 Å². The summed E-state index contributed by atoms with van der Waals surface area (Å²) in [5.74, 6) is -0.268. The van der Waals surface area contributed by atoms with Crippen LogP contribution in [-0.2, 0) is 9.59 Å².